The van der Waals surface area contributed by atoms with E-state index >= 15 is 0 Å². The molecule has 0 N–H and O–H groups in total. The molecule has 0 spiro atoms. The van der Waals surface area contributed by atoms with Gasteiger partial charge in [0.1, 0.15) is 5.15 Å². The molecule has 0 amide bonds. The Morgan fingerprint density at radius 2 is 2.42 bits per heavy atom. The molecule has 0 saturated carbocycles. The van der Waals surface area contributed by atoms with E-state index in [0.29, 0.717) is 15.7 Å². The zero-order chi connectivity index (χ0) is 8.97. The predicted molar refractivity (Wildman–Crippen MR) is 48.7 cm³/mol. The molecule has 0 bridgehead atoms. The van der Waals surface area contributed by atoms with Crippen molar-refractivity contribution in [2.45, 2.75) is 0 Å². The van der Waals surface area contributed by atoms with Crippen LogP contribution in [-0.4, -0.2) is 4.98 Å². The highest BCUT2D eigenvalue weighted by molar-refractivity contribution is 6.50. The Labute approximate surface area is 80.1 Å². The third-order valence-electron chi connectivity index (χ3n) is 1.21. The van der Waals surface area contributed by atoms with Crippen LogP contribution in [0.4, 0.5) is 0 Å². The molecule has 0 aliphatic rings. The number of halogens is 2. The van der Waals surface area contributed by atoms with Gasteiger partial charge < -0.3 is 0 Å². The number of hydrogen-bond acceptors (Lipinski definition) is 2. The van der Waals surface area contributed by atoms with E-state index in [0.717, 1.165) is 0 Å². The topological polar surface area (TPSA) is 36.7 Å². The first kappa shape index (κ1) is 9.05. The first-order valence-electron chi connectivity index (χ1n) is 3.12. The maximum atomic E-state index is 8.31. The lowest BCUT2D eigenvalue weighted by molar-refractivity contribution is 1.31. The van der Waals surface area contributed by atoms with E-state index in [1.807, 2.05) is 6.07 Å². The summed E-state index contributed by atoms with van der Waals surface area (Å²) in [5.41, 5.74) is 0.572. The van der Waals surface area contributed by atoms with Crippen LogP contribution in [0.2, 0.25) is 5.15 Å². The molecule has 60 valence electrons. The molecular weight excluding hydrogens is 195 g/mol. The lowest BCUT2D eigenvalue weighted by atomic mass is 10.2. The zero-order valence-corrected chi connectivity index (χ0v) is 7.47. The molecule has 1 aromatic heterocycles. The maximum Gasteiger partial charge on any atom is 0.137 e. The summed E-state index contributed by atoms with van der Waals surface area (Å²) >= 11 is 11.4. The van der Waals surface area contributed by atoms with Gasteiger partial charge in [0.25, 0.3) is 0 Å². The molecule has 12 heavy (non-hydrogen) atoms. The van der Waals surface area contributed by atoms with Gasteiger partial charge in [0, 0.05) is 17.8 Å². The summed E-state index contributed by atoms with van der Waals surface area (Å²) in [6.07, 6.45) is 2.77. The Hall–Kier alpha value is -1.04. The molecule has 0 aromatic carbocycles. The van der Waals surface area contributed by atoms with E-state index < -0.39 is 0 Å². The molecule has 0 aliphatic heterocycles. The van der Waals surface area contributed by atoms with Crippen molar-refractivity contribution in [3.05, 3.63) is 35.1 Å². The SMILES string of the molecule is N#C/C=C(\Cl)c1cccnc1Cl. The summed E-state index contributed by atoms with van der Waals surface area (Å²) in [4.78, 5) is 3.81. The molecule has 1 aromatic rings. The van der Waals surface area contributed by atoms with Crippen molar-refractivity contribution in [3.8, 4) is 6.07 Å². The maximum absolute atomic E-state index is 8.31. The lowest BCUT2D eigenvalue weighted by Crippen LogP contribution is -1.81. The van der Waals surface area contributed by atoms with Crippen molar-refractivity contribution in [2.24, 2.45) is 0 Å². The first-order valence-corrected chi connectivity index (χ1v) is 3.87. The van der Waals surface area contributed by atoms with Crippen molar-refractivity contribution in [3.63, 3.8) is 0 Å². The Balaban J connectivity index is 3.13. The number of aromatic nitrogens is 1. The van der Waals surface area contributed by atoms with E-state index in [1.165, 1.54) is 6.08 Å². The molecule has 0 atom stereocenters. The number of pyridine rings is 1. The fraction of sp³-hybridized carbons (Fsp3) is 0. The van der Waals surface area contributed by atoms with Crippen LogP contribution in [-0.2, 0) is 0 Å². The predicted octanol–water partition coefficient (Wildman–Crippen LogP) is 2.84. The van der Waals surface area contributed by atoms with Gasteiger partial charge in [-0.1, -0.05) is 23.2 Å². The van der Waals surface area contributed by atoms with Gasteiger partial charge >= 0.3 is 0 Å². The highest BCUT2D eigenvalue weighted by Crippen LogP contribution is 2.23. The summed E-state index contributed by atoms with van der Waals surface area (Å²) in [5, 5.41) is 8.92. The van der Waals surface area contributed by atoms with Crippen LogP contribution in [0.3, 0.4) is 0 Å². The van der Waals surface area contributed by atoms with E-state index in [1.54, 1.807) is 18.3 Å². The molecule has 4 heteroatoms. The van der Waals surface area contributed by atoms with Crippen LogP contribution < -0.4 is 0 Å². The minimum atomic E-state index is 0.300. The molecule has 0 saturated heterocycles. The van der Waals surface area contributed by atoms with Gasteiger partial charge in [0.2, 0.25) is 0 Å². The van der Waals surface area contributed by atoms with Crippen molar-refractivity contribution in [1.29, 1.82) is 5.26 Å². The van der Waals surface area contributed by atoms with Crippen LogP contribution in [0, 0.1) is 11.3 Å². The van der Waals surface area contributed by atoms with Gasteiger partial charge in [-0.15, -0.1) is 0 Å². The summed E-state index contributed by atoms with van der Waals surface area (Å²) in [6, 6.07) is 5.22. The highest BCUT2D eigenvalue weighted by Gasteiger charge is 2.02. The average molecular weight is 199 g/mol. The van der Waals surface area contributed by atoms with Gasteiger partial charge in [-0.2, -0.15) is 5.26 Å². The van der Waals surface area contributed by atoms with Crippen molar-refractivity contribution >= 4 is 28.2 Å². The van der Waals surface area contributed by atoms with Crippen LogP contribution in [0.5, 0.6) is 0 Å². The molecule has 1 heterocycles. The molecular formula is C8H4Cl2N2. The van der Waals surface area contributed by atoms with Crippen LogP contribution in [0.15, 0.2) is 24.4 Å². The monoisotopic (exact) mass is 198 g/mol. The van der Waals surface area contributed by atoms with Crippen molar-refractivity contribution < 1.29 is 0 Å². The molecule has 2 nitrogen and oxygen atoms in total. The standard InChI is InChI=1S/C8H4Cl2N2/c9-7(3-4-11)6-2-1-5-12-8(6)10/h1-3,5H/b7-3-. The minimum absolute atomic E-state index is 0.300. The smallest absolute Gasteiger partial charge is 0.137 e. The third-order valence-corrected chi connectivity index (χ3v) is 1.82. The number of nitrogens with zero attached hydrogens (tertiary/aromatic N) is 2. The van der Waals surface area contributed by atoms with E-state index in [2.05, 4.69) is 4.98 Å². The Morgan fingerprint density at radius 3 is 3.00 bits per heavy atom. The zero-order valence-electron chi connectivity index (χ0n) is 5.96. The Bertz CT molecular complexity index is 352. The number of nitriles is 1. The summed E-state index contributed by atoms with van der Waals surface area (Å²) in [5.74, 6) is 0. The third kappa shape index (κ3) is 1.97. The van der Waals surface area contributed by atoms with Crippen molar-refractivity contribution in [2.75, 3.05) is 0 Å². The number of hydrogen-bond donors (Lipinski definition) is 0. The summed E-state index contributed by atoms with van der Waals surface area (Å²) in [7, 11) is 0. The van der Waals surface area contributed by atoms with Gasteiger partial charge in [-0.05, 0) is 12.1 Å². The molecule has 0 aliphatic carbocycles. The van der Waals surface area contributed by atoms with Crippen LogP contribution in [0.25, 0.3) is 5.03 Å². The van der Waals surface area contributed by atoms with E-state index in [4.69, 9.17) is 28.5 Å². The Kier molecular flexibility index (Phi) is 3.09. The molecule has 0 radical (unpaired) electrons. The van der Waals surface area contributed by atoms with Crippen LogP contribution >= 0.6 is 23.2 Å². The molecule has 1 rings (SSSR count). The van der Waals surface area contributed by atoms with Gasteiger partial charge in [-0.3, -0.25) is 0 Å². The fourth-order valence-corrected chi connectivity index (χ4v) is 1.17. The normalized spacial score (nSPS) is 10.9. The fourth-order valence-electron chi connectivity index (χ4n) is 0.699. The number of rotatable bonds is 1. The van der Waals surface area contributed by atoms with Gasteiger partial charge in [0.15, 0.2) is 0 Å². The molecule has 0 fully saturated rings. The second-order valence-electron chi connectivity index (χ2n) is 1.96. The van der Waals surface area contributed by atoms with E-state index in [9.17, 15) is 0 Å². The van der Waals surface area contributed by atoms with E-state index in [-0.39, 0.29) is 0 Å². The summed E-state index contributed by atoms with van der Waals surface area (Å²) < 4.78 is 0. The quantitative estimate of drug-likeness (QED) is 0.515. The van der Waals surface area contributed by atoms with Crippen LogP contribution in [0.1, 0.15) is 5.56 Å². The largest absolute Gasteiger partial charge is 0.244 e. The lowest BCUT2D eigenvalue weighted by Gasteiger charge is -1.97. The molecule has 0 unspecified atom stereocenters. The number of allylic oxidation sites excluding steroid dienone is 1. The second-order valence-corrected chi connectivity index (χ2v) is 2.73. The van der Waals surface area contributed by atoms with Gasteiger partial charge in [-0.25, -0.2) is 4.98 Å². The van der Waals surface area contributed by atoms with Gasteiger partial charge in [0.05, 0.1) is 11.1 Å². The summed E-state index contributed by atoms with van der Waals surface area (Å²) in [6.45, 7) is 0. The second kappa shape index (κ2) is 4.10. The Morgan fingerprint density at radius 1 is 1.67 bits per heavy atom. The highest BCUT2D eigenvalue weighted by atomic mass is 35.5. The first-order chi connectivity index (χ1) is 5.75. The minimum Gasteiger partial charge on any atom is -0.244 e. The van der Waals surface area contributed by atoms with Crippen molar-refractivity contribution in [1.82, 2.24) is 4.98 Å². The average Bonchev–Trinajstić information content (AvgIpc) is 2.05.